The monoisotopic (exact) mass is 246 g/mol. The minimum absolute atomic E-state index is 0.260. The SMILES string of the molecule is CCCNc1nc(-c2ccncc2)nc(C)c1F. The maximum Gasteiger partial charge on any atom is 0.186 e. The number of rotatable bonds is 4. The zero-order valence-electron chi connectivity index (χ0n) is 10.4. The van der Waals surface area contributed by atoms with Crippen molar-refractivity contribution in [1.29, 1.82) is 0 Å². The molecule has 0 aliphatic heterocycles. The van der Waals surface area contributed by atoms with Crippen LogP contribution in [0.3, 0.4) is 0 Å². The molecule has 18 heavy (non-hydrogen) atoms. The first-order valence-electron chi connectivity index (χ1n) is 5.90. The number of hydrogen-bond donors (Lipinski definition) is 1. The third-order valence-electron chi connectivity index (χ3n) is 2.50. The van der Waals surface area contributed by atoms with Gasteiger partial charge in [-0.15, -0.1) is 0 Å². The summed E-state index contributed by atoms with van der Waals surface area (Å²) in [4.78, 5) is 12.3. The van der Waals surface area contributed by atoms with E-state index < -0.39 is 0 Å². The molecule has 0 saturated carbocycles. The van der Waals surface area contributed by atoms with Crippen LogP contribution in [0.2, 0.25) is 0 Å². The highest BCUT2D eigenvalue weighted by atomic mass is 19.1. The number of nitrogens with zero attached hydrogens (tertiary/aromatic N) is 3. The highest BCUT2D eigenvalue weighted by molar-refractivity contribution is 5.57. The summed E-state index contributed by atoms with van der Waals surface area (Å²) in [5.74, 6) is 0.382. The first kappa shape index (κ1) is 12.4. The maximum atomic E-state index is 13.8. The van der Waals surface area contributed by atoms with Crippen molar-refractivity contribution in [3.8, 4) is 11.4 Å². The average molecular weight is 246 g/mol. The Kier molecular flexibility index (Phi) is 3.82. The molecule has 2 aromatic heterocycles. The summed E-state index contributed by atoms with van der Waals surface area (Å²) in [5, 5.41) is 2.97. The van der Waals surface area contributed by atoms with Crippen LogP contribution in [-0.4, -0.2) is 21.5 Å². The normalized spacial score (nSPS) is 10.4. The molecular formula is C13H15FN4. The highest BCUT2D eigenvalue weighted by Gasteiger charge is 2.11. The van der Waals surface area contributed by atoms with Crippen molar-refractivity contribution in [2.75, 3.05) is 11.9 Å². The first-order valence-corrected chi connectivity index (χ1v) is 5.90. The molecule has 2 heterocycles. The van der Waals surface area contributed by atoms with E-state index in [9.17, 15) is 4.39 Å². The van der Waals surface area contributed by atoms with Crippen LogP contribution in [0.4, 0.5) is 10.2 Å². The van der Waals surface area contributed by atoms with Crippen molar-refractivity contribution in [3.05, 3.63) is 36.0 Å². The van der Waals surface area contributed by atoms with E-state index >= 15 is 0 Å². The second kappa shape index (κ2) is 5.53. The lowest BCUT2D eigenvalue weighted by Crippen LogP contribution is -2.08. The Balaban J connectivity index is 2.41. The number of aromatic nitrogens is 3. The molecule has 0 bridgehead atoms. The molecule has 0 unspecified atom stereocenters. The summed E-state index contributed by atoms with van der Waals surface area (Å²) in [7, 11) is 0. The zero-order chi connectivity index (χ0) is 13.0. The van der Waals surface area contributed by atoms with Crippen LogP contribution in [-0.2, 0) is 0 Å². The highest BCUT2D eigenvalue weighted by Crippen LogP contribution is 2.20. The van der Waals surface area contributed by atoms with E-state index in [1.54, 1.807) is 31.5 Å². The Bertz CT molecular complexity index is 528. The topological polar surface area (TPSA) is 50.7 Å². The maximum absolute atomic E-state index is 13.8. The Morgan fingerprint density at radius 2 is 1.94 bits per heavy atom. The van der Waals surface area contributed by atoms with Crippen molar-refractivity contribution in [2.24, 2.45) is 0 Å². The third kappa shape index (κ3) is 2.61. The van der Waals surface area contributed by atoms with Gasteiger partial charge in [-0.25, -0.2) is 14.4 Å². The van der Waals surface area contributed by atoms with Gasteiger partial charge in [-0.1, -0.05) is 6.92 Å². The number of halogens is 1. The predicted octanol–water partition coefficient (Wildman–Crippen LogP) is 2.81. The predicted molar refractivity (Wildman–Crippen MR) is 68.7 cm³/mol. The van der Waals surface area contributed by atoms with Crippen molar-refractivity contribution in [2.45, 2.75) is 20.3 Å². The molecule has 0 amide bonds. The molecule has 0 atom stereocenters. The average Bonchev–Trinajstić information content (AvgIpc) is 2.41. The van der Waals surface area contributed by atoms with Gasteiger partial charge in [0.2, 0.25) is 0 Å². The van der Waals surface area contributed by atoms with Gasteiger partial charge in [-0.05, 0) is 25.5 Å². The number of anilines is 1. The summed E-state index contributed by atoms with van der Waals surface area (Å²) in [6, 6.07) is 3.60. The van der Waals surface area contributed by atoms with Crippen molar-refractivity contribution in [1.82, 2.24) is 15.0 Å². The molecule has 0 aliphatic carbocycles. The molecule has 4 nitrogen and oxygen atoms in total. The smallest absolute Gasteiger partial charge is 0.186 e. The van der Waals surface area contributed by atoms with Gasteiger partial charge < -0.3 is 5.32 Å². The van der Waals surface area contributed by atoms with Crippen molar-refractivity contribution >= 4 is 5.82 Å². The van der Waals surface area contributed by atoms with Crippen LogP contribution in [0, 0.1) is 12.7 Å². The lowest BCUT2D eigenvalue weighted by molar-refractivity contribution is 0.605. The van der Waals surface area contributed by atoms with Crippen LogP contribution in [0.5, 0.6) is 0 Å². The standard InChI is InChI=1S/C13H15FN4/c1-3-6-16-13-11(14)9(2)17-12(18-13)10-4-7-15-8-5-10/h4-5,7-8H,3,6H2,1-2H3,(H,16,17,18). The van der Waals surface area contributed by atoms with Crippen LogP contribution in [0.25, 0.3) is 11.4 Å². The van der Waals surface area contributed by atoms with Crippen LogP contribution >= 0.6 is 0 Å². The molecule has 0 spiro atoms. The van der Waals surface area contributed by atoms with E-state index in [2.05, 4.69) is 20.3 Å². The first-order chi connectivity index (χ1) is 8.72. The van der Waals surface area contributed by atoms with Gasteiger partial charge in [-0.2, -0.15) is 0 Å². The minimum atomic E-state index is -0.388. The lowest BCUT2D eigenvalue weighted by atomic mass is 10.2. The molecule has 0 radical (unpaired) electrons. The van der Waals surface area contributed by atoms with Gasteiger partial charge in [0.15, 0.2) is 17.5 Å². The quantitative estimate of drug-likeness (QED) is 0.901. The van der Waals surface area contributed by atoms with Gasteiger partial charge in [-0.3, -0.25) is 4.98 Å². The van der Waals surface area contributed by atoms with Crippen molar-refractivity contribution in [3.63, 3.8) is 0 Å². The molecule has 2 aromatic rings. The molecule has 0 aromatic carbocycles. The molecule has 0 aliphatic rings. The molecule has 1 N–H and O–H groups in total. The Hall–Kier alpha value is -2.04. The summed E-state index contributed by atoms with van der Waals surface area (Å²) in [5.41, 5.74) is 1.17. The van der Waals surface area contributed by atoms with Gasteiger partial charge in [0.05, 0.1) is 5.69 Å². The van der Waals surface area contributed by atoms with Crippen LogP contribution in [0.15, 0.2) is 24.5 Å². The number of aryl methyl sites for hydroxylation is 1. The zero-order valence-corrected chi connectivity index (χ0v) is 10.4. The van der Waals surface area contributed by atoms with Gasteiger partial charge in [0.1, 0.15) is 0 Å². The Morgan fingerprint density at radius 1 is 1.22 bits per heavy atom. The number of pyridine rings is 1. The molecular weight excluding hydrogens is 231 g/mol. The Labute approximate surface area is 105 Å². The van der Waals surface area contributed by atoms with Gasteiger partial charge in [0.25, 0.3) is 0 Å². The fraction of sp³-hybridized carbons (Fsp3) is 0.308. The van der Waals surface area contributed by atoms with Crippen molar-refractivity contribution < 1.29 is 4.39 Å². The minimum Gasteiger partial charge on any atom is -0.368 e. The van der Waals surface area contributed by atoms with E-state index in [1.807, 2.05) is 6.92 Å². The van der Waals surface area contributed by atoms with E-state index in [-0.39, 0.29) is 11.6 Å². The summed E-state index contributed by atoms with van der Waals surface area (Å²) in [6.07, 6.45) is 4.24. The summed E-state index contributed by atoms with van der Waals surface area (Å²) in [6.45, 7) is 4.34. The van der Waals surface area contributed by atoms with Crippen LogP contribution in [0.1, 0.15) is 19.0 Å². The summed E-state index contributed by atoms with van der Waals surface area (Å²) < 4.78 is 13.8. The second-order valence-corrected chi connectivity index (χ2v) is 3.96. The molecule has 94 valence electrons. The number of nitrogens with one attached hydrogen (secondary N) is 1. The second-order valence-electron chi connectivity index (χ2n) is 3.96. The molecule has 2 rings (SSSR count). The van der Waals surface area contributed by atoms with Crippen LogP contribution < -0.4 is 5.32 Å². The fourth-order valence-corrected chi connectivity index (χ4v) is 1.55. The molecule has 0 saturated heterocycles. The van der Waals surface area contributed by atoms with E-state index in [4.69, 9.17) is 0 Å². The molecule has 5 heteroatoms. The van der Waals surface area contributed by atoms with Gasteiger partial charge >= 0.3 is 0 Å². The summed E-state index contributed by atoms with van der Waals surface area (Å²) >= 11 is 0. The fourth-order valence-electron chi connectivity index (χ4n) is 1.55. The lowest BCUT2D eigenvalue weighted by Gasteiger charge is -2.09. The van der Waals surface area contributed by atoms with E-state index in [0.29, 0.717) is 18.1 Å². The van der Waals surface area contributed by atoms with E-state index in [1.165, 1.54) is 0 Å². The molecule has 0 fully saturated rings. The third-order valence-corrected chi connectivity index (χ3v) is 2.50. The van der Waals surface area contributed by atoms with Gasteiger partial charge in [0, 0.05) is 24.5 Å². The number of hydrogen-bond acceptors (Lipinski definition) is 4. The van der Waals surface area contributed by atoms with E-state index in [0.717, 1.165) is 12.0 Å². The largest absolute Gasteiger partial charge is 0.368 e. The Morgan fingerprint density at radius 3 is 2.61 bits per heavy atom.